The van der Waals surface area contributed by atoms with Crippen molar-refractivity contribution in [3.05, 3.63) is 48.0 Å². The predicted octanol–water partition coefficient (Wildman–Crippen LogP) is 3.17. The van der Waals surface area contributed by atoms with Gasteiger partial charge in [0.2, 0.25) is 0 Å². The summed E-state index contributed by atoms with van der Waals surface area (Å²) in [5.74, 6) is 0.276. The Morgan fingerprint density at radius 3 is 3.04 bits per heavy atom. The molecule has 1 amide bonds. The Balaban J connectivity index is 1.52. The number of phenols is 1. The number of carbonyl (C=O) groups is 1. The first-order valence-electron chi connectivity index (χ1n) is 7.92. The topological polar surface area (TPSA) is 97.0 Å². The van der Waals surface area contributed by atoms with Crippen molar-refractivity contribution < 1.29 is 19.1 Å². The lowest BCUT2D eigenvalue weighted by Crippen LogP contribution is -2.19. The van der Waals surface area contributed by atoms with Crippen LogP contribution >= 0.6 is 11.8 Å². The molecule has 7 nitrogen and oxygen atoms in total. The third-order valence-electron chi connectivity index (χ3n) is 3.29. The van der Waals surface area contributed by atoms with E-state index in [1.165, 1.54) is 24.0 Å². The van der Waals surface area contributed by atoms with Gasteiger partial charge in [-0.25, -0.2) is 10.4 Å². The number of nitrogens with zero attached hydrogens (tertiary/aromatic N) is 2. The minimum atomic E-state index is -0.280. The number of nitrogens with one attached hydrogen (secondary N) is 1. The van der Waals surface area contributed by atoms with Gasteiger partial charge in [-0.2, -0.15) is 5.10 Å². The predicted molar refractivity (Wildman–Crippen MR) is 99.7 cm³/mol. The summed E-state index contributed by atoms with van der Waals surface area (Å²) >= 11 is 1.19. The van der Waals surface area contributed by atoms with Crippen LogP contribution in [0.15, 0.2) is 57.2 Å². The largest absolute Gasteiger partial charge is 0.504 e. The average Bonchev–Trinajstić information content (AvgIpc) is 3.06. The van der Waals surface area contributed by atoms with Crippen LogP contribution in [0.3, 0.4) is 0 Å². The molecule has 0 saturated carbocycles. The van der Waals surface area contributed by atoms with E-state index in [0.717, 1.165) is 5.52 Å². The number of thioether (sulfide) groups is 1. The van der Waals surface area contributed by atoms with Gasteiger partial charge in [-0.1, -0.05) is 23.9 Å². The fraction of sp³-hybridized carbons (Fsp3) is 0.167. The van der Waals surface area contributed by atoms with E-state index in [0.29, 0.717) is 28.7 Å². The van der Waals surface area contributed by atoms with E-state index in [4.69, 9.17) is 9.15 Å². The first-order valence-corrected chi connectivity index (χ1v) is 8.90. The third-order valence-corrected chi connectivity index (χ3v) is 4.12. The smallest absolute Gasteiger partial charge is 0.257 e. The van der Waals surface area contributed by atoms with Crippen molar-refractivity contribution in [3.8, 4) is 11.5 Å². The van der Waals surface area contributed by atoms with Gasteiger partial charge in [-0.3, -0.25) is 4.79 Å². The van der Waals surface area contributed by atoms with E-state index in [1.807, 2.05) is 31.2 Å². The molecule has 3 rings (SSSR count). The molecule has 1 aromatic heterocycles. The number of aromatic nitrogens is 1. The van der Waals surface area contributed by atoms with Crippen LogP contribution in [0.2, 0.25) is 0 Å². The highest BCUT2D eigenvalue weighted by Crippen LogP contribution is 2.26. The first-order chi connectivity index (χ1) is 12.7. The number of phenolic OH excluding ortho intramolecular Hbond substituents is 1. The summed E-state index contributed by atoms with van der Waals surface area (Å²) in [4.78, 5) is 16.2. The van der Waals surface area contributed by atoms with Crippen molar-refractivity contribution >= 4 is 35.0 Å². The number of carbonyl (C=O) groups excluding carboxylic acids is 1. The van der Waals surface area contributed by atoms with E-state index in [2.05, 4.69) is 15.5 Å². The van der Waals surface area contributed by atoms with E-state index in [1.54, 1.807) is 12.1 Å². The highest BCUT2D eigenvalue weighted by atomic mass is 32.2. The van der Waals surface area contributed by atoms with Gasteiger partial charge in [-0.05, 0) is 42.8 Å². The molecular weight excluding hydrogens is 354 g/mol. The van der Waals surface area contributed by atoms with Crippen LogP contribution in [0.4, 0.5) is 0 Å². The molecule has 0 atom stereocenters. The maximum absolute atomic E-state index is 11.9. The second-order valence-electron chi connectivity index (χ2n) is 5.19. The lowest BCUT2D eigenvalue weighted by molar-refractivity contribution is -0.118. The first kappa shape index (κ1) is 17.8. The number of para-hydroxylation sites is 2. The van der Waals surface area contributed by atoms with Crippen LogP contribution in [0.1, 0.15) is 12.5 Å². The number of amides is 1. The average molecular weight is 371 g/mol. The molecule has 0 bridgehead atoms. The Labute approximate surface area is 154 Å². The van der Waals surface area contributed by atoms with E-state index >= 15 is 0 Å². The normalized spacial score (nSPS) is 11.1. The number of ether oxygens (including phenoxy) is 1. The monoisotopic (exact) mass is 371 g/mol. The molecule has 134 valence electrons. The van der Waals surface area contributed by atoms with Crippen LogP contribution in [-0.2, 0) is 4.79 Å². The van der Waals surface area contributed by atoms with Gasteiger partial charge in [0.1, 0.15) is 5.52 Å². The number of hydrogen-bond donors (Lipinski definition) is 2. The van der Waals surface area contributed by atoms with Crippen molar-refractivity contribution in [1.82, 2.24) is 10.4 Å². The number of benzene rings is 2. The standard InChI is InChI=1S/C18H17N3O4S/c1-2-24-16-9-12(7-8-14(16)22)10-19-21-17(23)11-26-18-20-13-5-3-4-6-15(13)25-18/h3-10,22H,2,11H2,1H3,(H,21,23)/b19-10+. The number of rotatable bonds is 7. The summed E-state index contributed by atoms with van der Waals surface area (Å²) in [7, 11) is 0. The van der Waals surface area contributed by atoms with Crippen LogP contribution in [0.25, 0.3) is 11.1 Å². The molecule has 0 aliphatic carbocycles. The Morgan fingerprint density at radius 2 is 2.23 bits per heavy atom. The maximum Gasteiger partial charge on any atom is 0.257 e. The molecule has 1 heterocycles. The maximum atomic E-state index is 11.9. The zero-order chi connectivity index (χ0) is 18.4. The second-order valence-corrected chi connectivity index (χ2v) is 6.12. The fourth-order valence-corrected chi connectivity index (χ4v) is 2.76. The Bertz CT molecular complexity index is 906. The molecule has 2 N–H and O–H groups in total. The number of aromatic hydroxyl groups is 1. The Hall–Kier alpha value is -3.00. The van der Waals surface area contributed by atoms with Crippen LogP contribution in [0, 0.1) is 0 Å². The SMILES string of the molecule is CCOc1cc(/C=N/NC(=O)CSc2nc3ccccc3o2)ccc1O. The second kappa shape index (κ2) is 8.39. The summed E-state index contributed by atoms with van der Waals surface area (Å²) in [5.41, 5.74) is 4.57. The molecule has 0 unspecified atom stereocenters. The molecule has 8 heteroatoms. The number of fused-ring (bicyclic) bond motifs is 1. The van der Waals surface area contributed by atoms with Crippen molar-refractivity contribution in [1.29, 1.82) is 0 Å². The third kappa shape index (κ3) is 4.54. The Morgan fingerprint density at radius 1 is 1.38 bits per heavy atom. The summed E-state index contributed by atoms with van der Waals surface area (Å²) in [6.07, 6.45) is 1.48. The zero-order valence-corrected chi connectivity index (χ0v) is 14.8. The number of hydrogen-bond acceptors (Lipinski definition) is 7. The van der Waals surface area contributed by atoms with Gasteiger partial charge in [0, 0.05) is 0 Å². The van der Waals surface area contributed by atoms with Crippen molar-refractivity contribution in [3.63, 3.8) is 0 Å². The highest BCUT2D eigenvalue weighted by molar-refractivity contribution is 7.99. The van der Waals surface area contributed by atoms with Crippen LogP contribution in [-0.4, -0.2) is 34.6 Å². The Kier molecular flexibility index (Phi) is 5.75. The van der Waals surface area contributed by atoms with E-state index in [9.17, 15) is 9.90 Å². The van der Waals surface area contributed by atoms with Gasteiger partial charge in [0.25, 0.3) is 11.1 Å². The zero-order valence-electron chi connectivity index (χ0n) is 14.0. The number of oxazole rings is 1. The lowest BCUT2D eigenvalue weighted by Gasteiger charge is -2.05. The molecule has 0 fully saturated rings. The van der Waals surface area contributed by atoms with Crippen molar-refractivity contribution in [2.24, 2.45) is 5.10 Å². The molecule has 3 aromatic rings. The fourth-order valence-electron chi connectivity index (χ4n) is 2.13. The molecule has 0 spiro atoms. The van der Waals surface area contributed by atoms with E-state index in [-0.39, 0.29) is 17.4 Å². The van der Waals surface area contributed by atoms with Gasteiger partial charge < -0.3 is 14.3 Å². The minimum Gasteiger partial charge on any atom is -0.504 e. The molecule has 0 aliphatic rings. The molecule has 0 radical (unpaired) electrons. The molecule has 2 aromatic carbocycles. The van der Waals surface area contributed by atoms with Crippen molar-refractivity contribution in [2.75, 3.05) is 12.4 Å². The minimum absolute atomic E-state index is 0.0581. The molecule has 0 aliphatic heterocycles. The molecule has 26 heavy (non-hydrogen) atoms. The highest BCUT2D eigenvalue weighted by Gasteiger charge is 2.08. The summed E-state index contributed by atoms with van der Waals surface area (Å²) in [5, 5.41) is 14.0. The molecule has 0 saturated heterocycles. The summed E-state index contributed by atoms with van der Waals surface area (Å²) in [6, 6.07) is 12.2. The quantitative estimate of drug-likeness (QED) is 0.376. The summed E-state index contributed by atoms with van der Waals surface area (Å²) < 4.78 is 10.8. The van der Waals surface area contributed by atoms with Gasteiger partial charge in [0.05, 0.1) is 18.6 Å². The van der Waals surface area contributed by atoms with Gasteiger partial charge in [-0.15, -0.1) is 0 Å². The summed E-state index contributed by atoms with van der Waals surface area (Å²) in [6.45, 7) is 2.27. The molecular formula is C18H17N3O4S. The lowest BCUT2D eigenvalue weighted by atomic mass is 10.2. The van der Waals surface area contributed by atoms with Crippen LogP contribution < -0.4 is 10.2 Å². The van der Waals surface area contributed by atoms with Gasteiger partial charge >= 0.3 is 0 Å². The van der Waals surface area contributed by atoms with E-state index < -0.39 is 0 Å². The van der Waals surface area contributed by atoms with Gasteiger partial charge in [0.15, 0.2) is 17.1 Å². The van der Waals surface area contributed by atoms with Crippen molar-refractivity contribution in [2.45, 2.75) is 12.1 Å². The van der Waals surface area contributed by atoms with Crippen LogP contribution in [0.5, 0.6) is 11.5 Å². The number of hydrazone groups is 1.